The summed E-state index contributed by atoms with van der Waals surface area (Å²) in [5.74, 6) is -0.773. The van der Waals surface area contributed by atoms with E-state index in [1.165, 1.54) is 24.1 Å². The van der Waals surface area contributed by atoms with E-state index in [1.807, 2.05) is 13.8 Å². The lowest BCUT2D eigenvalue weighted by atomic mass is 9.86. The largest absolute Gasteiger partial charge is 0.497 e. The van der Waals surface area contributed by atoms with Gasteiger partial charge in [0.2, 0.25) is 11.3 Å². The van der Waals surface area contributed by atoms with Crippen LogP contribution in [0.1, 0.15) is 27.0 Å². The highest BCUT2D eigenvalue weighted by Gasteiger charge is 2.67. The van der Waals surface area contributed by atoms with Crippen molar-refractivity contribution in [3.05, 3.63) is 82.9 Å². The molecule has 0 saturated carbocycles. The lowest BCUT2D eigenvalue weighted by Crippen LogP contribution is -2.56. The summed E-state index contributed by atoms with van der Waals surface area (Å²) in [5.41, 5.74) is 0.720. The van der Waals surface area contributed by atoms with Crippen LogP contribution in [0.3, 0.4) is 0 Å². The number of Topliss-reactive ketones (excluding diaryl/α,β-unsaturated/α-hetero) is 1. The fourth-order valence-electron chi connectivity index (χ4n) is 4.71. The van der Waals surface area contributed by atoms with Crippen molar-refractivity contribution in [2.75, 3.05) is 23.4 Å². The standard InChI is InChI=1S/C25H22N2O5S/c1-15-5-9-18(10-6-15)33(30,31)27-21-11-7-16(2)13-19(21)23(28)25(27)20-14-17(32-4)8-12-22(20)26(3)24(25)29/h5-14H,1-4H3. The van der Waals surface area contributed by atoms with Gasteiger partial charge in [-0.2, -0.15) is 0 Å². The molecule has 0 N–H and O–H groups in total. The molecule has 0 bridgehead atoms. The van der Waals surface area contributed by atoms with Crippen molar-refractivity contribution in [2.45, 2.75) is 24.3 Å². The van der Waals surface area contributed by atoms with Gasteiger partial charge in [0, 0.05) is 18.2 Å². The summed E-state index contributed by atoms with van der Waals surface area (Å²) in [7, 11) is -1.28. The first-order chi connectivity index (χ1) is 15.6. The number of carbonyl (C=O) groups is 2. The zero-order chi connectivity index (χ0) is 23.7. The van der Waals surface area contributed by atoms with E-state index < -0.39 is 27.3 Å². The molecule has 7 nitrogen and oxygen atoms in total. The molecule has 8 heteroatoms. The number of sulfonamides is 1. The van der Waals surface area contributed by atoms with E-state index >= 15 is 0 Å². The van der Waals surface area contributed by atoms with Crippen LogP contribution in [0.15, 0.2) is 65.6 Å². The van der Waals surface area contributed by atoms with Crippen LogP contribution in [0.2, 0.25) is 0 Å². The van der Waals surface area contributed by atoms with Crippen LogP contribution in [0.4, 0.5) is 11.4 Å². The van der Waals surface area contributed by atoms with Crippen LogP contribution >= 0.6 is 0 Å². The van der Waals surface area contributed by atoms with Crippen molar-refractivity contribution in [2.24, 2.45) is 0 Å². The first kappa shape index (κ1) is 21.2. The van der Waals surface area contributed by atoms with E-state index in [0.29, 0.717) is 11.4 Å². The third-order valence-corrected chi connectivity index (χ3v) is 8.20. The molecule has 1 amide bonds. The Kier molecular flexibility index (Phi) is 4.45. The fraction of sp³-hybridized carbons (Fsp3) is 0.200. The molecule has 1 unspecified atom stereocenters. The maximum absolute atomic E-state index is 14.1. The molecule has 0 radical (unpaired) electrons. The predicted molar refractivity (Wildman–Crippen MR) is 124 cm³/mol. The number of nitrogens with zero attached hydrogens (tertiary/aromatic N) is 2. The Morgan fingerprint density at radius 3 is 2.15 bits per heavy atom. The van der Waals surface area contributed by atoms with Crippen molar-refractivity contribution in [1.29, 1.82) is 0 Å². The summed E-state index contributed by atoms with van der Waals surface area (Å²) in [4.78, 5) is 29.2. The molecule has 33 heavy (non-hydrogen) atoms. The molecule has 2 aliphatic rings. The number of hydrogen-bond acceptors (Lipinski definition) is 5. The SMILES string of the molecule is COc1ccc2c(c1)C1(C(=O)c3cc(C)ccc3N1S(=O)(=O)c1ccc(C)cc1)C(=O)N2C. The van der Waals surface area contributed by atoms with E-state index in [9.17, 15) is 18.0 Å². The number of rotatable bonds is 3. The van der Waals surface area contributed by atoms with Crippen molar-refractivity contribution in [3.8, 4) is 5.75 Å². The van der Waals surface area contributed by atoms with Crippen molar-refractivity contribution in [1.82, 2.24) is 0 Å². The van der Waals surface area contributed by atoms with Gasteiger partial charge in [-0.3, -0.25) is 9.59 Å². The van der Waals surface area contributed by atoms with Crippen LogP contribution in [-0.2, 0) is 20.4 Å². The van der Waals surface area contributed by atoms with Gasteiger partial charge in [0.1, 0.15) is 5.75 Å². The highest BCUT2D eigenvalue weighted by molar-refractivity contribution is 7.93. The molecule has 2 heterocycles. The number of fused-ring (bicyclic) bond motifs is 3. The number of anilines is 2. The Balaban J connectivity index is 1.88. The molecule has 5 rings (SSSR count). The monoisotopic (exact) mass is 462 g/mol. The summed E-state index contributed by atoms with van der Waals surface area (Å²) in [6.45, 7) is 3.67. The lowest BCUT2D eigenvalue weighted by Gasteiger charge is -2.33. The first-order valence-corrected chi connectivity index (χ1v) is 11.8. The van der Waals surface area contributed by atoms with E-state index in [0.717, 1.165) is 15.4 Å². The highest BCUT2D eigenvalue weighted by atomic mass is 32.2. The fourth-order valence-corrected chi connectivity index (χ4v) is 6.44. The molecular formula is C25H22N2O5S. The number of ether oxygens (including phenoxy) is 1. The molecule has 3 aromatic rings. The number of benzene rings is 3. The number of aryl methyl sites for hydroxylation is 2. The van der Waals surface area contributed by atoms with Gasteiger partial charge in [-0.25, -0.2) is 12.7 Å². The average molecular weight is 463 g/mol. The maximum Gasteiger partial charge on any atom is 0.266 e. The molecular weight excluding hydrogens is 440 g/mol. The molecule has 0 saturated heterocycles. The third-order valence-electron chi connectivity index (χ3n) is 6.38. The Morgan fingerprint density at radius 1 is 0.848 bits per heavy atom. The topological polar surface area (TPSA) is 84.0 Å². The van der Waals surface area contributed by atoms with E-state index in [2.05, 4.69) is 0 Å². The third kappa shape index (κ3) is 2.64. The van der Waals surface area contributed by atoms with Gasteiger partial charge in [0.15, 0.2) is 0 Å². The molecule has 0 aromatic heterocycles. The van der Waals surface area contributed by atoms with Gasteiger partial charge in [0.05, 0.1) is 23.4 Å². The maximum atomic E-state index is 14.1. The summed E-state index contributed by atoms with van der Waals surface area (Å²) in [6, 6.07) is 16.2. The zero-order valence-corrected chi connectivity index (χ0v) is 19.4. The minimum Gasteiger partial charge on any atom is -0.497 e. The van der Waals surface area contributed by atoms with E-state index in [4.69, 9.17) is 4.74 Å². The van der Waals surface area contributed by atoms with Gasteiger partial charge < -0.3 is 9.64 Å². The predicted octanol–water partition coefficient (Wildman–Crippen LogP) is 3.58. The summed E-state index contributed by atoms with van der Waals surface area (Å²) in [5, 5.41) is 0. The Labute approximate surface area is 192 Å². The Morgan fingerprint density at radius 2 is 1.48 bits per heavy atom. The molecule has 0 fully saturated rings. The van der Waals surface area contributed by atoms with Gasteiger partial charge >= 0.3 is 0 Å². The van der Waals surface area contributed by atoms with Crippen molar-refractivity contribution >= 4 is 33.1 Å². The van der Waals surface area contributed by atoms with Gasteiger partial charge in [-0.15, -0.1) is 0 Å². The molecule has 2 aliphatic heterocycles. The smallest absolute Gasteiger partial charge is 0.266 e. The van der Waals surface area contributed by atoms with Crippen LogP contribution in [0.25, 0.3) is 0 Å². The van der Waals surface area contributed by atoms with Gasteiger partial charge in [0.25, 0.3) is 15.9 Å². The number of likely N-dealkylation sites (N-methyl/N-ethyl adjacent to an activating group) is 1. The summed E-state index contributed by atoms with van der Waals surface area (Å²) < 4.78 is 34.5. The normalized spacial score (nSPS) is 19.3. The molecule has 3 aromatic carbocycles. The summed E-state index contributed by atoms with van der Waals surface area (Å²) >= 11 is 0. The van der Waals surface area contributed by atoms with Crippen LogP contribution in [0.5, 0.6) is 5.75 Å². The van der Waals surface area contributed by atoms with E-state index in [1.54, 1.807) is 55.6 Å². The number of methoxy groups -OCH3 is 1. The van der Waals surface area contributed by atoms with Crippen LogP contribution in [-0.4, -0.2) is 34.3 Å². The number of ketones is 1. The number of amides is 1. The average Bonchev–Trinajstić information content (AvgIpc) is 3.18. The van der Waals surface area contributed by atoms with Crippen LogP contribution in [0, 0.1) is 13.8 Å². The summed E-state index contributed by atoms with van der Waals surface area (Å²) in [6.07, 6.45) is 0. The second kappa shape index (κ2) is 6.92. The quantitative estimate of drug-likeness (QED) is 0.556. The highest BCUT2D eigenvalue weighted by Crippen LogP contribution is 2.55. The minimum absolute atomic E-state index is 0.000462. The molecule has 1 spiro atoms. The molecule has 0 aliphatic carbocycles. The second-order valence-electron chi connectivity index (χ2n) is 8.39. The number of hydrogen-bond donors (Lipinski definition) is 0. The number of carbonyl (C=O) groups excluding carboxylic acids is 2. The van der Waals surface area contributed by atoms with Crippen molar-refractivity contribution in [3.63, 3.8) is 0 Å². The minimum atomic E-state index is -4.30. The van der Waals surface area contributed by atoms with Crippen LogP contribution < -0.4 is 13.9 Å². The zero-order valence-electron chi connectivity index (χ0n) is 18.6. The Bertz CT molecular complexity index is 1450. The molecule has 1 atom stereocenters. The second-order valence-corrected chi connectivity index (χ2v) is 10.2. The first-order valence-electron chi connectivity index (χ1n) is 10.4. The van der Waals surface area contributed by atoms with Gasteiger partial charge in [-0.05, 0) is 56.3 Å². The lowest BCUT2D eigenvalue weighted by molar-refractivity contribution is -0.120. The Hall–Kier alpha value is -3.65. The molecule has 168 valence electrons. The van der Waals surface area contributed by atoms with E-state index in [-0.39, 0.29) is 21.7 Å². The van der Waals surface area contributed by atoms with Gasteiger partial charge in [-0.1, -0.05) is 29.3 Å². The van der Waals surface area contributed by atoms with Crippen molar-refractivity contribution < 1.29 is 22.7 Å².